The van der Waals surface area contributed by atoms with Gasteiger partial charge in [0.05, 0.1) is 12.6 Å². The topological polar surface area (TPSA) is 44.8 Å². The molecule has 1 amide bonds. The summed E-state index contributed by atoms with van der Waals surface area (Å²) >= 11 is 0. The number of benzene rings is 1. The maximum Gasteiger partial charge on any atom is 0.234 e. The number of carbonyl (C=O) groups excluding carboxylic acids is 1. The van der Waals surface area contributed by atoms with Crippen LogP contribution in [0.3, 0.4) is 0 Å². The van der Waals surface area contributed by atoms with Gasteiger partial charge in [0.15, 0.2) is 0 Å². The molecule has 1 N–H and O–H groups in total. The van der Waals surface area contributed by atoms with E-state index in [0.717, 1.165) is 52.2 Å². The number of hydrogen-bond donors (Lipinski definition) is 1. The zero-order chi connectivity index (χ0) is 16.8. The van der Waals surface area contributed by atoms with Crippen molar-refractivity contribution < 1.29 is 9.53 Å². The molecule has 5 heteroatoms. The van der Waals surface area contributed by atoms with Gasteiger partial charge in [0.25, 0.3) is 0 Å². The number of nitrogens with zero attached hydrogens (tertiary/aromatic N) is 2. The van der Waals surface area contributed by atoms with Gasteiger partial charge >= 0.3 is 0 Å². The Kier molecular flexibility index (Phi) is 6.24. The molecule has 2 saturated heterocycles. The van der Waals surface area contributed by atoms with Crippen LogP contribution in [0.1, 0.15) is 24.0 Å². The summed E-state index contributed by atoms with van der Waals surface area (Å²) in [5.41, 5.74) is 2.69. The Morgan fingerprint density at radius 3 is 2.75 bits per heavy atom. The third-order valence-electron chi connectivity index (χ3n) is 4.87. The minimum Gasteiger partial charge on any atom is -0.376 e. The summed E-state index contributed by atoms with van der Waals surface area (Å²) < 4.78 is 5.54. The number of aryl methyl sites for hydroxylation is 1. The van der Waals surface area contributed by atoms with E-state index in [-0.39, 0.29) is 12.0 Å². The summed E-state index contributed by atoms with van der Waals surface area (Å²) in [7, 11) is 0. The summed E-state index contributed by atoms with van der Waals surface area (Å²) in [5, 5.41) is 3.01. The van der Waals surface area contributed by atoms with Crippen molar-refractivity contribution >= 4 is 5.91 Å². The van der Waals surface area contributed by atoms with Gasteiger partial charge in [-0.1, -0.05) is 29.8 Å². The Balaban J connectivity index is 1.34. The van der Waals surface area contributed by atoms with E-state index in [9.17, 15) is 4.79 Å². The molecule has 2 aliphatic rings. The largest absolute Gasteiger partial charge is 0.376 e. The molecule has 1 aromatic carbocycles. The second kappa shape index (κ2) is 8.60. The number of piperazine rings is 1. The fourth-order valence-corrected chi connectivity index (χ4v) is 3.47. The van der Waals surface area contributed by atoms with Gasteiger partial charge in [-0.05, 0) is 25.3 Å². The van der Waals surface area contributed by atoms with Gasteiger partial charge in [-0.25, -0.2) is 0 Å². The van der Waals surface area contributed by atoms with Crippen LogP contribution in [-0.4, -0.2) is 67.7 Å². The highest BCUT2D eigenvalue weighted by Gasteiger charge is 2.20. The predicted molar refractivity (Wildman–Crippen MR) is 94.9 cm³/mol. The lowest BCUT2D eigenvalue weighted by atomic mass is 10.1. The molecule has 0 unspecified atom stereocenters. The van der Waals surface area contributed by atoms with Crippen LogP contribution < -0.4 is 5.32 Å². The highest BCUT2D eigenvalue weighted by atomic mass is 16.5. The van der Waals surface area contributed by atoms with Crippen molar-refractivity contribution in [1.29, 1.82) is 0 Å². The van der Waals surface area contributed by atoms with Gasteiger partial charge in [0, 0.05) is 45.9 Å². The van der Waals surface area contributed by atoms with E-state index in [0.29, 0.717) is 13.1 Å². The minimum atomic E-state index is 0.123. The molecule has 2 fully saturated rings. The highest BCUT2D eigenvalue weighted by Crippen LogP contribution is 2.11. The molecule has 2 aliphatic heterocycles. The zero-order valence-electron chi connectivity index (χ0n) is 14.7. The first kappa shape index (κ1) is 17.4. The molecule has 1 atom stereocenters. The van der Waals surface area contributed by atoms with Crippen LogP contribution in [0.25, 0.3) is 0 Å². The molecule has 1 aromatic rings. The molecule has 132 valence electrons. The highest BCUT2D eigenvalue weighted by molar-refractivity contribution is 5.78. The first-order chi connectivity index (χ1) is 11.7. The maximum absolute atomic E-state index is 12.1. The zero-order valence-corrected chi connectivity index (χ0v) is 14.7. The smallest absolute Gasteiger partial charge is 0.234 e. The predicted octanol–water partition coefficient (Wildman–Crippen LogP) is 1.41. The first-order valence-electron chi connectivity index (χ1n) is 9.07. The Bertz CT molecular complexity index is 535. The number of amides is 1. The van der Waals surface area contributed by atoms with E-state index in [1.165, 1.54) is 11.1 Å². The Hall–Kier alpha value is -1.43. The molecule has 3 rings (SSSR count). The molecule has 0 bridgehead atoms. The third-order valence-corrected chi connectivity index (χ3v) is 4.87. The molecule has 5 nitrogen and oxygen atoms in total. The number of nitrogens with one attached hydrogen (secondary N) is 1. The van der Waals surface area contributed by atoms with Gasteiger partial charge in [-0.3, -0.25) is 14.6 Å². The van der Waals surface area contributed by atoms with Crippen molar-refractivity contribution in [3.8, 4) is 0 Å². The Labute approximate surface area is 145 Å². The lowest BCUT2D eigenvalue weighted by molar-refractivity contribution is -0.123. The molecular formula is C19H29N3O2. The lowest BCUT2D eigenvalue weighted by Crippen LogP contribution is -2.49. The fraction of sp³-hybridized carbons (Fsp3) is 0.632. The van der Waals surface area contributed by atoms with E-state index in [2.05, 4.69) is 46.3 Å². The Morgan fingerprint density at radius 2 is 2.04 bits per heavy atom. The van der Waals surface area contributed by atoms with E-state index in [1.807, 2.05) is 0 Å². The van der Waals surface area contributed by atoms with Gasteiger partial charge < -0.3 is 10.1 Å². The Morgan fingerprint density at radius 1 is 1.25 bits per heavy atom. The van der Waals surface area contributed by atoms with Crippen molar-refractivity contribution in [3.63, 3.8) is 0 Å². The van der Waals surface area contributed by atoms with Crippen LogP contribution in [-0.2, 0) is 16.1 Å². The van der Waals surface area contributed by atoms with Crippen molar-refractivity contribution in [3.05, 3.63) is 35.4 Å². The molecule has 0 aromatic heterocycles. The number of hydrogen-bond acceptors (Lipinski definition) is 4. The summed E-state index contributed by atoms with van der Waals surface area (Å²) in [4.78, 5) is 16.8. The molecule has 0 radical (unpaired) electrons. The summed E-state index contributed by atoms with van der Waals surface area (Å²) in [5.74, 6) is 0.123. The number of rotatable bonds is 6. The van der Waals surface area contributed by atoms with Crippen molar-refractivity contribution in [1.82, 2.24) is 15.1 Å². The van der Waals surface area contributed by atoms with Crippen LogP contribution in [0.15, 0.2) is 24.3 Å². The minimum absolute atomic E-state index is 0.123. The molecule has 0 aliphatic carbocycles. The SMILES string of the molecule is Cc1cccc(CN2CCN(CC(=O)NC[C@H]3CCCO3)CC2)c1. The third kappa shape index (κ3) is 5.30. The summed E-state index contributed by atoms with van der Waals surface area (Å²) in [6, 6.07) is 8.71. The van der Waals surface area contributed by atoms with Crippen molar-refractivity contribution in [2.75, 3.05) is 45.9 Å². The average molecular weight is 331 g/mol. The van der Waals surface area contributed by atoms with Crippen LogP contribution in [0.2, 0.25) is 0 Å². The molecular weight excluding hydrogens is 302 g/mol. The van der Waals surface area contributed by atoms with Crippen LogP contribution >= 0.6 is 0 Å². The number of ether oxygens (including phenoxy) is 1. The van der Waals surface area contributed by atoms with Crippen LogP contribution in [0.5, 0.6) is 0 Å². The van der Waals surface area contributed by atoms with Gasteiger partial charge in [-0.2, -0.15) is 0 Å². The van der Waals surface area contributed by atoms with Crippen molar-refractivity contribution in [2.45, 2.75) is 32.4 Å². The van der Waals surface area contributed by atoms with E-state index >= 15 is 0 Å². The second-order valence-electron chi connectivity index (χ2n) is 6.98. The van der Waals surface area contributed by atoms with Crippen LogP contribution in [0, 0.1) is 6.92 Å². The molecule has 24 heavy (non-hydrogen) atoms. The fourth-order valence-electron chi connectivity index (χ4n) is 3.47. The molecule has 2 heterocycles. The van der Waals surface area contributed by atoms with E-state index < -0.39 is 0 Å². The standard InChI is InChI=1S/C19H29N3O2/c1-16-4-2-5-17(12-16)14-21-7-9-22(10-8-21)15-19(23)20-13-18-6-3-11-24-18/h2,4-5,12,18H,3,6-11,13-15H2,1H3,(H,20,23)/t18-/m1/s1. The maximum atomic E-state index is 12.1. The number of carbonyl (C=O) groups is 1. The van der Waals surface area contributed by atoms with Gasteiger partial charge in [-0.15, -0.1) is 0 Å². The molecule has 0 saturated carbocycles. The summed E-state index contributed by atoms with van der Waals surface area (Å²) in [6.07, 6.45) is 2.40. The van der Waals surface area contributed by atoms with E-state index in [4.69, 9.17) is 4.74 Å². The monoisotopic (exact) mass is 331 g/mol. The normalized spacial score (nSPS) is 22.6. The second-order valence-corrected chi connectivity index (χ2v) is 6.98. The quantitative estimate of drug-likeness (QED) is 0.856. The summed E-state index contributed by atoms with van der Waals surface area (Å²) in [6.45, 7) is 9.09. The van der Waals surface area contributed by atoms with Crippen molar-refractivity contribution in [2.24, 2.45) is 0 Å². The molecule has 0 spiro atoms. The van der Waals surface area contributed by atoms with Gasteiger partial charge in [0.2, 0.25) is 5.91 Å². The van der Waals surface area contributed by atoms with Gasteiger partial charge in [0.1, 0.15) is 0 Å². The average Bonchev–Trinajstić information content (AvgIpc) is 3.08. The van der Waals surface area contributed by atoms with E-state index in [1.54, 1.807) is 0 Å². The van der Waals surface area contributed by atoms with Crippen LogP contribution in [0.4, 0.5) is 0 Å². The first-order valence-corrected chi connectivity index (χ1v) is 9.07. The lowest BCUT2D eigenvalue weighted by Gasteiger charge is -2.34.